The molecule has 1 aromatic heterocycles. The minimum atomic E-state index is -0.582. The fraction of sp³-hybridized carbons (Fsp3) is 0.269. The van der Waals surface area contributed by atoms with Crippen molar-refractivity contribution >= 4 is 23.6 Å². The second-order valence-electron chi connectivity index (χ2n) is 8.84. The molecule has 1 heterocycles. The van der Waals surface area contributed by atoms with Crippen LogP contribution in [0.3, 0.4) is 0 Å². The van der Waals surface area contributed by atoms with E-state index in [1.54, 1.807) is 45.0 Å². The van der Waals surface area contributed by atoms with E-state index in [1.807, 2.05) is 31.2 Å². The summed E-state index contributed by atoms with van der Waals surface area (Å²) in [7, 11) is 0. The molecule has 3 amide bonds. The fourth-order valence-electron chi connectivity index (χ4n) is 2.95. The molecular formula is C26H29N3O5. The zero-order valence-electron chi connectivity index (χ0n) is 19.7. The zero-order valence-corrected chi connectivity index (χ0v) is 19.7. The number of furan rings is 1. The van der Waals surface area contributed by atoms with Gasteiger partial charge in [-0.15, -0.1) is 0 Å². The number of aryl methyl sites for hydroxylation is 1. The minimum absolute atomic E-state index is 0.0451. The van der Waals surface area contributed by atoms with E-state index in [-0.39, 0.29) is 18.1 Å². The van der Waals surface area contributed by atoms with E-state index >= 15 is 0 Å². The average Bonchev–Trinajstić information content (AvgIpc) is 3.27. The molecule has 2 aromatic carbocycles. The first kappa shape index (κ1) is 24.6. The van der Waals surface area contributed by atoms with Crippen LogP contribution in [-0.2, 0) is 17.8 Å². The Morgan fingerprint density at radius 1 is 0.765 bits per heavy atom. The summed E-state index contributed by atoms with van der Waals surface area (Å²) in [6.45, 7) is 7.98. The highest BCUT2D eigenvalue weighted by Crippen LogP contribution is 2.14. The maximum absolute atomic E-state index is 12.4. The largest absolute Gasteiger partial charge is 0.446 e. The van der Waals surface area contributed by atoms with Gasteiger partial charge >= 0.3 is 6.09 Å². The molecule has 8 heteroatoms. The van der Waals surface area contributed by atoms with Gasteiger partial charge in [0.1, 0.15) is 5.60 Å². The molecule has 34 heavy (non-hydrogen) atoms. The van der Waals surface area contributed by atoms with Gasteiger partial charge in [0.05, 0.1) is 0 Å². The van der Waals surface area contributed by atoms with Crippen LogP contribution in [0.2, 0.25) is 0 Å². The van der Waals surface area contributed by atoms with Crippen molar-refractivity contribution in [1.82, 2.24) is 10.6 Å². The van der Waals surface area contributed by atoms with E-state index in [0.29, 0.717) is 12.2 Å². The van der Waals surface area contributed by atoms with Gasteiger partial charge in [-0.25, -0.2) is 4.79 Å². The number of hydrogen-bond acceptors (Lipinski definition) is 5. The monoisotopic (exact) mass is 463 g/mol. The van der Waals surface area contributed by atoms with Gasteiger partial charge in [0.15, 0.2) is 11.5 Å². The summed E-state index contributed by atoms with van der Waals surface area (Å²) in [6.07, 6.45) is -0.537. The van der Waals surface area contributed by atoms with E-state index in [0.717, 1.165) is 16.7 Å². The Balaban J connectivity index is 1.47. The molecule has 0 atom stereocenters. The lowest BCUT2D eigenvalue weighted by Crippen LogP contribution is -2.27. The molecule has 0 bridgehead atoms. The van der Waals surface area contributed by atoms with Crippen LogP contribution in [0.5, 0.6) is 0 Å². The van der Waals surface area contributed by atoms with Crippen molar-refractivity contribution < 1.29 is 23.5 Å². The molecule has 8 nitrogen and oxygen atoms in total. The van der Waals surface area contributed by atoms with Crippen LogP contribution in [0.15, 0.2) is 65.1 Å². The molecule has 0 aliphatic rings. The number of carbonyl (C=O) groups is 3. The molecule has 0 unspecified atom stereocenters. The van der Waals surface area contributed by atoms with Crippen LogP contribution in [0.1, 0.15) is 58.6 Å². The van der Waals surface area contributed by atoms with Gasteiger partial charge in [-0.2, -0.15) is 0 Å². The summed E-state index contributed by atoms with van der Waals surface area (Å²) < 4.78 is 10.6. The van der Waals surface area contributed by atoms with Crippen LogP contribution in [0.25, 0.3) is 0 Å². The Hall–Kier alpha value is -4.07. The summed E-state index contributed by atoms with van der Waals surface area (Å²) in [5.74, 6) is -0.722. The standard InChI is InChI=1S/C26H29N3O5/c1-17-5-7-18(8-6-17)15-27-23(30)21-13-14-22(33-21)24(31)28-16-19-9-11-20(12-10-19)29-25(32)34-26(2,3)4/h5-14H,15-16H2,1-4H3,(H,27,30)(H,28,31)(H,29,32). The number of anilines is 1. The Morgan fingerprint density at radius 2 is 1.24 bits per heavy atom. The Labute approximate surface area is 198 Å². The van der Waals surface area contributed by atoms with Crippen molar-refractivity contribution in [2.45, 2.75) is 46.4 Å². The van der Waals surface area contributed by atoms with Gasteiger partial charge in [0, 0.05) is 18.8 Å². The third-order valence-electron chi connectivity index (χ3n) is 4.68. The minimum Gasteiger partial charge on any atom is -0.446 e. The maximum Gasteiger partial charge on any atom is 0.412 e. The molecule has 3 aromatic rings. The van der Waals surface area contributed by atoms with Crippen molar-refractivity contribution in [2.75, 3.05) is 5.32 Å². The Kier molecular flexibility index (Phi) is 7.73. The maximum atomic E-state index is 12.4. The number of ether oxygens (including phenoxy) is 1. The van der Waals surface area contributed by atoms with Crippen LogP contribution in [0, 0.1) is 6.92 Å². The molecular weight excluding hydrogens is 434 g/mol. The summed E-state index contributed by atoms with van der Waals surface area (Å²) in [4.78, 5) is 36.5. The first-order chi connectivity index (χ1) is 16.1. The number of hydrogen-bond donors (Lipinski definition) is 3. The third-order valence-corrected chi connectivity index (χ3v) is 4.68. The van der Waals surface area contributed by atoms with Gasteiger partial charge in [0.2, 0.25) is 0 Å². The van der Waals surface area contributed by atoms with E-state index < -0.39 is 23.5 Å². The summed E-state index contributed by atoms with van der Waals surface area (Å²) in [5, 5.41) is 8.17. The fourth-order valence-corrected chi connectivity index (χ4v) is 2.95. The lowest BCUT2D eigenvalue weighted by molar-refractivity contribution is 0.0635. The van der Waals surface area contributed by atoms with Crippen molar-refractivity contribution in [3.63, 3.8) is 0 Å². The molecule has 0 fully saturated rings. The molecule has 0 saturated heterocycles. The van der Waals surface area contributed by atoms with Crippen LogP contribution in [-0.4, -0.2) is 23.5 Å². The van der Waals surface area contributed by atoms with E-state index in [2.05, 4.69) is 16.0 Å². The molecule has 178 valence electrons. The number of nitrogens with one attached hydrogen (secondary N) is 3. The average molecular weight is 464 g/mol. The number of amides is 3. The highest BCUT2D eigenvalue weighted by molar-refractivity contribution is 5.95. The topological polar surface area (TPSA) is 110 Å². The molecule has 0 radical (unpaired) electrons. The van der Waals surface area contributed by atoms with Crippen LogP contribution < -0.4 is 16.0 Å². The van der Waals surface area contributed by atoms with Crippen LogP contribution in [0.4, 0.5) is 10.5 Å². The molecule has 0 saturated carbocycles. The smallest absolute Gasteiger partial charge is 0.412 e. The Bertz CT molecular complexity index is 1140. The van der Waals surface area contributed by atoms with E-state index in [4.69, 9.17) is 9.15 Å². The first-order valence-corrected chi connectivity index (χ1v) is 10.9. The molecule has 3 N–H and O–H groups in total. The van der Waals surface area contributed by atoms with Gasteiger partial charge in [-0.05, 0) is 63.1 Å². The number of carbonyl (C=O) groups excluding carboxylic acids is 3. The number of rotatable bonds is 7. The molecule has 3 rings (SSSR count). The summed E-state index contributed by atoms with van der Waals surface area (Å²) >= 11 is 0. The lowest BCUT2D eigenvalue weighted by Gasteiger charge is -2.19. The molecule has 0 aliphatic carbocycles. The predicted molar refractivity (Wildman–Crippen MR) is 129 cm³/mol. The number of benzene rings is 2. The summed E-state index contributed by atoms with van der Waals surface area (Å²) in [6, 6.07) is 17.7. The highest BCUT2D eigenvalue weighted by Gasteiger charge is 2.17. The molecule has 0 spiro atoms. The predicted octanol–water partition coefficient (Wildman–Crippen LogP) is 4.80. The van der Waals surface area contributed by atoms with E-state index in [9.17, 15) is 14.4 Å². The van der Waals surface area contributed by atoms with Crippen molar-refractivity contribution in [1.29, 1.82) is 0 Å². The molecule has 0 aliphatic heterocycles. The van der Waals surface area contributed by atoms with Gasteiger partial charge in [-0.3, -0.25) is 14.9 Å². The quantitative estimate of drug-likeness (QED) is 0.466. The van der Waals surface area contributed by atoms with Crippen molar-refractivity contribution in [2.24, 2.45) is 0 Å². The van der Waals surface area contributed by atoms with Crippen molar-refractivity contribution in [3.05, 3.63) is 88.9 Å². The zero-order chi connectivity index (χ0) is 24.7. The SMILES string of the molecule is Cc1ccc(CNC(=O)c2ccc(C(=O)NCc3ccc(NC(=O)OC(C)(C)C)cc3)o2)cc1. The highest BCUT2D eigenvalue weighted by atomic mass is 16.6. The Morgan fingerprint density at radius 3 is 1.71 bits per heavy atom. The van der Waals surface area contributed by atoms with Gasteiger partial charge in [-0.1, -0.05) is 42.0 Å². The van der Waals surface area contributed by atoms with Crippen molar-refractivity contribution in [3.8, 4) is 0 Å². The van der Waals surface area contributed by atoms with Gasteiger partial charge in [0.25, 0.3) is 11.8 Å². The lowest BCUT2D eigenvalue weighted by atomic mass is 10.1. The first-order valence-electron chi connectivity index (χ1n) is 10.9. The van der Waals surface area contributed by atoms with Gasteiger partial charge < -0.3 is 19.8 Å². The second-order valence-corrected chi connectivity index (χ2v) is 8.84. The van der Waals surface area contributed by atoms with Crippen LogP contribution >= 0.6 is 0 Å². The van der Waals surface area contributed by atoms with E-state index in [1.165, 1.54) is 12.1 Å². The second kappa shape index (κ2) is 10.7. The summed E-state index contributed by atoms with van der Waals surface area (Å²) in [5.41, 5.74) is 2.94. The third kappa shape index (κ3) is 7.51. The normalized spacial score (nSPS) is 10.9.